The molecule has 6 rings (SSSR count). The zero-order chi connectivity index (χ0) is 31.2. The van der Waals surface area contributed by atoms with Gasteiger partial charge in [0.1, 0.15) is 17.2 Å². The molecule has 4 aromatic carbocycles. The van der Waals surface area contributed by atoms with Gasteiger partial charge in [0.05, 0.1) is 56.6 Å². The summed E-state index contributed by atoms with van der Waals surface area (Å²) in [6, 6.07) is 22.5. The highest BCUT2D eigenvalue weighted by Crippen LogP contribution is 2.41. The summed E-state index contributed by atoms with van der Waals surface area (Å²) in [6.45, 7) is 2.57. The van der Waals surface area contributed by atoms with Crippen LogP contribution in [0.2, 0.25) is 0 Å². The third kappa shape index (κ3) is 6.26. The topological polar surface area (TPSA) is 105 Å². The highest BCUT2D eigenvalue weighted by atomic mass is 16.6. The van der Waals surface area contributed by atoms with E-state index in [0.717, 1.165) is 34.0 Å². The van der Waals surface area contributed by atoms with E-state index >= 15 is 0 Å². The number of para-hydroxylation sites is 1. The average Bonchev–Trinajstić information content (AvgIpc) is 3.07. The maximum atomic E-state index is 11.1. The molecule has 0 unspecified atom stereocenters. The Hall–Kier alpha value is -5.58. The van der Waals surface area contributed by atoms with Gasteiger partial charge in [-0.15, -0.1) is 0 Å². The number of nitro benzene ring substituents is 1. The highest BCUT2D eigenvalue weighted by molar-refractivity contribution is 5.84. The molecule has 0 atom stereocenters. The molecule has 0 fully saturated rings. The van der Waals surface area contributed by atoms with E-state index in [1.807, 2.05) is 53.1 Å². The van der Waals surface area contributed by atoms with Crippen LogP contribution in [0.3, 0.4) is 0 Å². The van der Waals surface area contributed by atoms with E-state index in [1.165, 1.54) is 19.2 Å². The monoisotopic (exact) mass is 599 g/mol. The summed E-state index contributed by atoms with van der Waals surface area (Å²) in [5, 5.41) is 11.1. The Bertz CT molecular complexity index is 1720. The van der Waals surface area contributed by atoms with Crippen molar-refractivity contribution in [2.24, 2.45) is 0 Å². The quantitative estimate of drug-likeness (QED) is 0.148. The lowest BCUT2D eigenvalue weighted by Crippen LogP contribution is -2.21. The molecule has 11 heteroatoms. The maximum Gasteiger partial charge on any atom is 0.292 e. The normalized spacial score (nSPS) is 12.8. The lowest BCUT2D eigenvalue weighted by molar-refractivity contribution is -0.476. The number of fused-ring (bicyclic) bond motifs is 2. The van der Waals surface area contributed by atoms with Crippen molar-refractivity contribution in [1.82, 2.24) is 0 Å². The Labute approximate surface area is 254 Å². The first-order valence-electron chi connectivity index (χ1n) is 13.7. The molecule has 0 N–H and O–H groups in total. The van der Waals surface area contributed by atoms with E-state index in [-0.39, 0.29) is 12.4 Å². The van der Waals surface area contributed by atoms with Crippen LogP contribution >= 0.6 is 0 Å². The minimum atomic E-state index is -0.417. The molecule has 0 saturated carbocycles. The molecule has 0 radical (unpaired) electrons. The van der Waals surface area contributed by atoms with Gasteiger partial charge in [-0.25, -0.2) is 0 Å². The van der Waals surface area contributed by atoms with Gasteiger partial charge in [0.2, 0.25) is 17.1 Å². The van der Waals surface area contributed by atoms with Crippen molar-refractivity contribution in [3.05, 3.63) is 99.6 Å². The predicted octanol–water partition coefficient (Wildman–Crippen LogP) is 5.85. The van der Waals surface area contributed by atoms with Gasteiger partial charge < -0.3 is 28.4 Å². The van der Waals surface area contributed by atoms with Crippen LogP contribution in [0.5, 0.6) is 34.5 Å². The number of nitro groups is 1. The van der Waals surface area contributed by atoms with Crippen molar-refractivity contribution in [3.8, 4) is 34.5 Å². The molecule has 2 heterocycles. The van der Waals surface area contributed by atoms with Crippen LogP contribution in [0, 0.1) is 17.0 Å². The molecule has 0 bridgehead atoms. The second-order valence-corrected chi connectivity index (χ2v) is 9.80. The van der Waals surface area contributed by atoms with E-state index in [4.69, 9.17) is 28.4 Å². The third-order valence-electron chi connectivity index (χ3n) is 7.10. The van der Waals surface area contributed by atoms with Gasteiger partial charge >= 0.3 is 0 Å². The van der Waals surface area contributed by atoms with Crippen molar-refractivity contribution in [1.29, 1.82) is 0 Å². The summed E-state index contributed by atoms with van der Waals surface area (Å²) in [5.74, 6) is 3.94. The lowest BCUT2D eigenvalue weighted by atomic mass is 10.1. The SMILES string of the molecule is COc1cc([N+]2=Cc3cc([N+](=O)[O-])cc(C)c3OC2)cc(OC)c1OC.COc1ccc([N+]2=Cc3ccccc3OC2)cc1. The number of methoxy groups -OCH3 is 4. The molecule has 11 nitrogen and oxygen atoms in total. The fraction of sp³-hybridized carbons (Fsp3) is 0.212. The maximum absolute atomic E-state index is 11.1. The molecule has 2 aliphatic heterocycles. The van der Waals surface area contributed by atoms with Gasteiger partial charge in [0.25, 0.3) is 19.1 Å². The number of nitrogens with zero attached hydrogens (tertiary/aromatic N) is 3. The molecule has 44 heavy (non-hydrogen) atoms. The van der Waals surface area contributed by atoms with E-state index in [2.05, 4.69) is 10.8 Å². The van der Waals surface area contributed by atoms with Crippen LogP contribution < -0.4 is 28.4 Å². The highest BCUT2D eigenvalue weighted by Gasteiger charge is 2.26. The van der Waals surface area contributed by atoms with E-state index < -0.39 is 4.92 Å². The Balaban J connectivity index is 0.000000186. The van der Waals surface area contributed by atoms with Crippen LogP contribution in [0.1, 0.15) is 16.7 Å². The summed E-state index contributed by atoms with van der Waals surface area (Å²) in [5.41, 5.74) is 4.30. The van der Waals surface area contributed by atoms with Crippen molar-refractivity contribution < 1.29 is 42.5 Å². The number of hydrogen-bond donors (Lipinski definition) is 0. The first-order valence-corrected chi connectivity index (χ1v) is 13.7. The van der Waals surface area contributed by atoms with Crippen LogP contribution in [0.25, 0.3) is 0 Å². The molecule has 2 aliphatic rings. The Kier molecular flexibility index (Phi) is 8.94. The minimum Gasteiger partial charge on any atom is -0.497 e. The zero-order valence-corrected chi connectivity index (χ0v) is 25.1. The molecule has 0 amide bonds. The van der Waals surface area contributed by atoms with Gasteiger partial charge in [-0.05, 0) is 36.8 Å². The molecule has 0 aromatic heterocycles. The van der Waals surface area contributed by atoms with Crippen LogP contribution in [0.15, 0.2) is 72.8 Å². The van der Waals surface area contributed by atoms with Gasteiger partial charge in [-0.1, -0.05) is 12.1 Å². The predicted molar refractivity (Wildman–Crippen MR) is 165 cm³/mol. The Morgan fingerprint density at radius 2 is 1.36 bits per heavy atom. The van der Waals surface area contributed by atoms with E-state index in [1.54, 1.807) is 46.6 Å². The molecule has 4 aromatic rings. The molecule has 0 spiro atoms. The molecule has 0 saturated heterocycles. The molecular weight excluding hydrogens is 566 g/mol. The Morgan fingerprint density at radius 3 is 2.00 bits per heavy atom. The van der Waals surface area contributed by atoms with Crippen molar-refractivity contribution >= 4 is 29.5 Å². The van der Waals surface area contributed by atoms with Gasteiger partial charge in [-0.2, -0.15) is 9.15 Å². The Morgan fingerprint density at radius 1 is 0.727 bits per heavy atom. The van der Waals surface area contributed by atoms with Crippen LogP contribution in [-0.2, 0) is 0 Å². The van der Waals surface area contributed by atoms with Crippen molar-refractivity contribution in [3.63, 3.8) is 0 Å². The van der Waals surface area contributed by atoms with E-state index in [9.17, 15) is 10.1 Å². The summed E-state index contributed by atoms with van der Waals surface area (Å²) in [6.07, 6.45) is 3.90. The third-order valence-corrected chi connectivity index (χ3v) is 7.10. The average molecular weight is 600 g/mol. The number of hydrogen-bond acceptors (Lipinski definition) is 8. The lowest BCUT2D eigenvalue weighted by Gasteiger charge is -2.17. The molecular formula is C33H33N3O8+2. The smallest absolute Gasteiger partial charge is 0.292 e. The number of aryl methyl sites for hydroxylation is 1. The van der Waals surface area contributed by atoms with Crippen molar-refractivity contribution in [2.45, 2.75) is 6.92 Å². The van der Waals surface area contributed by atoms with Gasteiger partial charge in [0.15, 0.2) is 23.9 Å². The largest absolute Gasteiger partial charge is 0.497 e. The first-order chi connectivity index (χ1) is 21.3. The summed E-state index contributed by atoms with van der Waals surface area (Å²) >= 11 is 0. The second-order valence-electron chi connectivity index (χ2n) is 9.80. The standard InChI is InChI=1S/C18H19N2O6.C15H14NO2/c1-11-5-14(20(21)22)6-12-9-19(10-26-17(11)12)13-7-15(23-2)18(25-4)16(8-13)24-3;1-17-14-8-6-13(7-9-14)16-10-12-4-2-3-5-15(12)18-11-16/h5-9H,10H2,1-4H3;2-10H,11H2,1H3/q2*+1. The second kappa shape index (κ2) is 13.2. The van der Waals surface area contributed by atoms with Crippen LogP contribution in [0.4, 0.5) is 17.1 Å². The van der Waals surface area contributed by atoms with E-state index in [0.29, 0.717) is 35.3 Å². The first kappa shape index (κ1) is 29.9. The van der Waals surface area contributed by atoms with Gasteiger partial charge in [0, 0.05) is 24.3 Å². The summed E-state index contributed by atoms with van der Waals surface area (Å²) in [7, 11) is 6.29. The zero-order valence-electron chi connectivity index (χ0n) is 25.1. The van der Waals surface area contributed by atoms with Crippen molar-refractivity contribution in [2.75, 3.05) is 41.9 Å². The number of benzene rings is 4. The number of ether oxygens (including phenoxy) is 6. The number of rotatable bonds is 7. The fourth-order valence-electron chi connectivity index (χ4n) is 4.89. The number of non-ortho nitro benzene ring substituents is 1. The molecule has 226 valence electrons. The van der Waals surface area contributed by atoms with Crippen LogP contribution in [-0.4, -0.2) is 68.4 Å². The molecule has 0 aliphatic carbocycles. The summed E-state index contributed by atoms with van der Waals surface area (Å²) in [4.78, 5) is 10.7. The fourth-order valence-corrected chi connectivity index (χ4v) is 4.89. The van der Waals surface area contributed by atoms with Gasteiger partial charge in [-0.3, -0.25) is 10.1 Å². The summed E-state index contributed by atoms with van der Waals surface area (Å²) < 4.78 is 36.6. The minimum absolute atomic E-state index is 0.0212.